The van der Waals surface area contributed by atoms with E-state index in [1.54, 1.807) is 31.4 Å². The van der Waals surface area contributed by atoms with Gasteiger partial charge in [0.25, 0.3) is 5.91 Å². The third-order valence-corrected chi connectivity index (χ3v) is 5.76. The number of ether oxygens (including phenoxy) is 1. The topological polar surface area (TPSA) is 70.2 Å². The Kier molecular flexibility index (Phi) is 5.81. The molecule has 7 nitrogen and oxygen atoms in total. The van der Waals surface area contributed by atoms with Crippen LogP contribution in [0.25, 0.3) is 0 Å². The molecule has 0 N–H and O–H groups in total. The van der Waals surface area contributed by atoms with Gasteiger partial charge in [0.2, 0.25) is 11.8 Å². The number of piperazine rings is 1. The Morgan fingerprint density at radius 2 is 1.63 bits per heavy atom. The van der Waals surface area contributed by atoms with E-state index in [0.29, 0.717) is 44.0 Å². The number of carbonyl (C=O) groups is 3. The van der Waals surface area contributed by atoms with E-state index in [1.807, 2.05) is 40.1 Å². The predicted octanol–water partition coefficient (Wildman–Crippen LogP) is 1.71. The Hall–Kier alpha value is -3.19. The minimum absolute atomic E-state index is 0.0922. The molecule has 0 bridgehead atoms. The predicted molar refractivity (Wildman–Crippen MR) is 112 cm³/mol. The monoisotopic (exact) mass is 407 g/mol. The maximum atomic E-state index is 13.0. The first-order chi connectivity index (χ1) is 14.6. The van der Waals surface area contributed by atoms with Gasteiger partial charge in [-0.2, -0.15) is 0 Å². The number of imide groups is 1. The van der Waals surface area contributed by atoms with Gasteiger partial charge in [-0.15, -0.1) is 0 Å². The molecule has 0 aliphatic carbocycles. The second kappa shape index (κ2) is 8.67. The van der Waals surface area contributed by atoms with Crippen LogP contribution >= 0.6 is 0 Å². The lowest BCUT2D eigenvalue weighted by molar-refractivity contribution is -0.133. The van der Waals surface area contributed by atoms with Crippen LogP contribution in [0.15, 0.2) is 54.6 Å². The molecule has 2 aliphatic rings. The van der Waals surface area contributed by atoms with Crippen LogP contribution in [0.4, 0.5) is 5.69 Å². The third kappa shape index (κ3) is 4.07. The lowest BCUT2D eigenvalue weighted by atomic mass is 10.1. The first-order valence-electron chi connectivity index (χ1n) is 10.1. The van der Waals surface area contributed by atoms with Crippen LogP contribution in [0.2, 0.25) is 0 Å². The standard InChI is InChI=1S/C23H25N3O4/c1-30-19-9-7-18(8-10-19)26-22(28)16-20(23(26)29)24-11-13-25(14-12-24)21(27)15-17-5-3-2-4-6-17/h2-10,20H,11-16H2,1H3/t20-/m1/s1. The van der Waals surface area contributed by atoms with Gasteiger partial charge in [-0.3, -0.25) is 19.3 Å². The fourth-order valence-corrected chi connectivity index (χ4v) is 4.07. The highest BCUT2D eigenvalue weighted by Crippen LogP contribution is 2.27. The van der Waals surface area contributed by atoms with Gasteiger partial charge < -0.3 is 9.64 Å². The number of rotatable bonds is 5. The SMILES string of the molecule is COc1ccc(N2C(=O)C[C@@H](N3CCN(C(=O)Cc4ccccc4)CC3)C2=O)cc1. The van der Waals surface area contributed by atoms with Gasteiger partial charge in [-0.1, -0.05) is 30.3 Å². The van der Waals surface area contributed by atoms with Gasteiger partial charge in [0.15, 0.2) is 0 Å². The average Bonchev–Trinajstić information content (AvgIpc) is 3.08. The number of methoxy groups -OCH3 is 1. The Bertz CT molecular complexity index is 921. The first kappa shape index (κ1) is 20.1. The molecule has 2 fully saturated rings. The number of hydrogen-bond donors (Lipinski definition) is 0. The summed E-state index contributed by atoms with van der Waals surface area (Å²) in [7, 11) is 1.57. The molecule has 2 saturated heterocycles. The summed E-state index contributed by atoms with van der Waals surface area (Å²) in [5.74, 6) is 0.368. The molecule has 0 spiro atoms. The summed E-state index contributed by atoms with van der Waals surface area (Å²) in [6, 6.07) is 16.1. The average molecular weight is 407 g/mol. The second-order valence-electron chi connectivity index (χ2n) is 7.56. The molecule has 156 valence electrons. The first-order valence-corrected chi connectivity index (χ1v) is 10.1. The van der Waals surface area contributed by atoms with Crippen molar-refractivity contribution in [3.63, 3.8) is 0 Å². The molecule has 2 aromatic rings. The van der Waals surface area contributed by atoms with Crippen LogP contribution in [0, 0.1) is 0 Å². The van der Waals surface area contributed by atoms with Crippen LogP contribution in [0.5, 0.6) is 5.75 Å². The van der Waals surface area contributed by atoms with Gasteiger partial charge >= 0.3 is 0 Å². The number of hydrogen-bond acceptors (Lipinski definition) is 5. The van der Waals surface area contributed by atoms with Crippen LogP contribution in [0.3, 0.4) is 0 Å². The molecule has 0 aromatic heterocycles. The zero-order chi connectivity index (χ0) is 21.1. The van der Waals surface area contributed by atoms with Crippen LogP contribution < -0.4 is 9.64 Å². The molecule has 1 atom stereocenters. The highest BCUT2D eigenvalue weighted by atomic mass is 16.5. The van der Waals surface area contributed by atoms with E-state index in [4.69, 9.17) is 4.74 Å². The number of amides is 3. The molecule has 7 heteroatoms. The van der Waals surface area contributed by atoms with E-state index in [1.165, 1.54) is 4.90 Å². The summed E-state index contributed by atoms with van der Waals surface area (Å²) in [6.07, 6.45) is 0.551. The molecule has 4 rings (SSSR count). The van der Waals surface area contributed by atoms with Crippen molar-refractivity contribution in [2.75, 3.05) is 38.2 Å². The zero-order valence-corrected chi connectivity index (χ0v) is 17.0. The minimum atomic E-state index is -0.467. The van der Waals surface area contributed by atoms with Crippen molar-refractivity contribution in [1.82, 2.24) is 9.80 Å². The Balaban J connectivity index is 1.36. The molecular weight excluding hydrogens is 382 g/mol. The lowest BCUT2D eigenvalue weighted by Gasteiger charge is -2.37. The summed E-state index contributed by atoms with van der Waals surface area (Å²) in [5, 5.41) is 0. The van der Waals surface area contributed by atoms with Gasteiger partial charge in [0, 0.05) is 26.2 Å². The number of nitrogens with zero attached hydrogens (tertiary/aromatic N) is 3. The van der Waals surface area contributed by atoms with Crippen molar-refractivity contribution in [3.05, 3.63) is 60.2 Å². The van der Waals surface area contributed by atoms with Crippen molar-refractivity contribution in [2.45, 2.75) is 18.9 Å². The van der Waals surface area contributed by atoms with Crippen molar-refractivity contribution < 1.29 is 19.1 Å². The number of benzene rings is 2. The maximum absolute atomic E-state index is 13.0. The fraction of sp³-hybridized carbons (Fsp3) is 0.348. The summed E-state index contributed by atoms with van der Waals surface area (Å²) in [5.41, 5.74) is 1.56. The summed E-state index contributed by atoms with van der Waals surface area (Å²) in [4.78, 5) is 43.2. The zero-order valence-electron chi connectivity index (χ0n) is 17.0. The highest BCUT2D eigenvalue weighted by molar-refractivity contribution is 6.22. The summed E-state index contributed by atoms with van der Waals surface area (Å²) < 4.78 is 5.14. The fourth-order valence-electron chi connectivity index (χ4n) is 4.07. The molecule has 3 amide bonds. The maximum Gasteiger partial charge on any atom is 0.251 e. The molecule has 0 unspecified atom stereocenters. The van der Waals surface area contributed by atoms with E-state index < -0.39 is 6.04 Å². The van der Waals surface area contributed by atoms with Gasteiger partial charge in [0.05, 0.1) is 31.7 Å². The molecule has 2 heterocycles. The van der Waals surface area contributed by atoms with E-state index in [2.05, 4.69) is 0 Å². The molecule has 30 heavy (non-hydrogen) atoms. The third-order valence-electron chi connectivity index (χ3n) is 5.76. The quantitative estimate of drug-likeness (QED) is 0.706. The number of carbonyl (C=O) groups excluding carboxylic acids is 3. The van der Waals surface area contributed by atoms with Gasteiger partial charge in [-0.25, -0.2) is 4.90 Å². The van der Waals surface area contributed by atoms with E-state index in [9.17, 15) is 14.4 Å². The Morgan fingerprint density at radius 3 is 2.27 bits per heavy atom. The minimum Gasteiger partial charge on any atom is -0.497 e. The molecule has 0 saturated carbocycles. The van der Waals surface area contributed by atoms with Crippen LogP contribution in [0.1, 0.15) is 12.0 Å². The van der Waals surface area contributed by atoms with Gasteiger partial charge in [-0.05, 0) is 29.8 Å². The van der Waals surface area contributed by atoms with Gasteiger partial charge in [0.1, 0.15) is 5.75 Å². The van der Waals surface area contributed by atoms with Crippen molar-refractivity contribution in [3.8, 4) is 5.75 Å². The molecule has 2 aliphatic heterocycles. The number of anilines is 1. The molecule has 0 radical (unpaired) electrons. The van der Waals surface area contributed by atoms with Crippen molar-refractivity contribution in [1.29, 1.82) is 0 Å². The van der Waals surface area contributed by atoms with Crippen molar-refractivity contribution >= 4 is 23.4 Å². The van der Waals surface area contributed by atoms with Crippen LogP contribution in [-0.2, 0) is 20.8 Å². The smallest absolute Gasteiger partial charge is 0.251 e. The van der Waals surface area contributed by atoms with Crippen molar-refractivity contribution in [2.24, 2.45) is 0 Å². The normalized spacial score (nSPS) is 20.0. The van der Waals surface area contributed by atoms with E-state index in [-0.39, 0.29) is 24.1 Å². The second-order valence-corrected chi connectivity index (χ2v) is 7.56. The highest BCUT2D eigenvalue weighted by Gasteiger charge is 2.43. The Labute approximate surface area is 175 Å². The molecule has 2 aromatic carbocycles. The van der Waals surface area contributed by atoms with E-state index in [0.717, 1.165) is 5.56 Å². The van der Waals surface area contributed by atoms with E-state index >= 15 is 0 Å². The molecular formula is C23H25N3O4. The lowest BCUT2D eigenvalue weighted by Crippen LogP contribution is -2.54. The Morgan fingerprint density at radius 1 is 0.967 bits per heavy atom. The van der Waals surface area contributed by atoms with Crippen LogP contribution in [-0.4, -0.2) is 66.9 Å². The largest absolute Gasteiger partial charge is 0.497 e. The summed E-state index contributed by atoms with van der Waals surface area (Å²) >= 11 is 0. The summed E-state index contributed by atoms with van der Waals surface area (Å²) in [6.45, 7) is 2.29.